The topological polar surface area (TPSA) is 76.8 Å². The minimum atomic E-state index is 0.0136. The SMILES string of the molecule is NC(N)=N/N=C(/c1cccs1)C1CC1. The van der Waals surface area contributed by atoms with E-state index in [9.17, 15) is 0 Å². The molecule has 0 aliphatic heterocycles. The van der Waals surface area contributed by atoms with Crippen molar-refractivity contribution in [1.29, 1.82) is 0 Å². The maximum absolute atomic E-state index is 5.24. The predicted molar refractivity (Wildman–Crippen MR) is 59.4 cm³/mol. The summed E-state index contributed by atoms with van der Waals surface area (Å²) in [5.41, 5.74) is 11.5. The highest BCUT2D eigenvalue weighted by molar-refractivity contribution is 7.12. The molecule has 1 fully saturated rings. The van der Waals surface area contributed by atoms with Gasteiger partial charge in [-0.3, -0.25) is 0 Å². The molecular formula is C9H12N4S. The molecule has 2 rings (SSSR count). The highest BCUT2D eigenvalue weighted by atomic mass is 32.1. The molecule has 1 aliphatic rings. The maximum Gasteiger partial charge on any atom is 0.211 e. The highest BCUT2D eigenvalue weighted by Gasteiger charge is 2.29. The Bertz CT molecular complexity index is 358. The summed E-state index contributed by atoms with van der Waals surface area (Å²) in [7, 11) is 0. The monoisotopic (exact) mass is 208 g/mol. The minimum absolute atomic E-state index is 0.0136. The molecule has 0 saturated heterocycles. The summed E-state index contributed by atoms with van der Waals surface area (Å²) in [5.74, 6) is 0.566. The summed E-state index contributed by atoms with van der Waals surface area (Å²) in [5, 5.41) is 9.83. The Balaban J connectivity index is 2.24. The molecule has 4 nitrogen and oxygen atoms in total. The van der Waals surface area contributed by atoms with Crippen molar-refractivity contribution >= 4 is 23.0 Å². The molecule has 0 unspecified atom stereocenters. The van der Waals surface area contributed by atoms with E-state index in [0.29, 0.717) is 5.92 Å². The van der Waals surface area contributed by atoms with Gasteiger partial charge in [0.15, 0.2) is 0 Å². The third-order valence-electron chi connectivity index (χ3n) is 2.01. The van der Waals surface area contributed by atoms with Crippen LogP contribution in [0.1, 0.15) is 17.7 Å². The Morgan fingerprint density at radius 2 is 2.14 bits per heavy atom. The number of nitrogens with two attached hydrogens (primary N) is 2. The molecule has 0 bridgehead atoms. The first-order chi connectivity index (χ1) is 6.77. The molecule has 1 aromatic heterocycles. The Hall–Kier alpha value is -1.36. The lowest BCUT2D eigenvalue weighted by Gasteiger charge is -1.97. The van der Waals surface area contributed by atoms with Crippen LogP contribution in [0.3, 0.4) is 0 Å². The smallest absolute Gasteiger partial charge is 0.211 e. The van der Waals surface area contributed by atoms with Crippen molar-refractivity contribution in [3.8, 4) is 0 Å². The number of hydrogen-bond acceptors (Lipinski definition) is 3. The molecule has 4 N–H and O–H groups in total. The van der Waals surface area contributed by atoms with E-state index in [4.69, 9.17) is 11.5 Å². The van der Waals surface area contributed by atoms with Crippen LogP contribution in [0.5, 0.6) is 0 Å². The third kappa shape index (κ3) is 2.11. The molecule has 1 aliphatic carbocycles. The fourth-order valence-electron chi connectivity index (χ4n) is 1.22. The average molecular weight is 208 g/mol. The van der Waals surface area contributed by atoms with E-state index in [0.717, 1.165) is 10.6 Å². The molecule has 0 spiro atoms. The Morgan fingerprint density at radius 3 is 2.64 bits per heavy atom. The first-order valence-corrected chi connectivity index (χ1v) is 5.35. The molecule has 1 aromatic rings. The molecular weight excluding hydrogens is 196 g/mol. The van der Waals surface area contributed by atoms with Gasteiger partial charge in [-0.15, -0.1) is 16.4 Å². The first-order valence-electron chi connectivity index (χ1n) is 4.47. The summed E-state index contributed by atoms with van der Waals surface area (Å²) in [6, 6.07) is 4.05. The van der Waals surface area contributed by atoms with Crippen LogP contribution < -0.4 is 11.5 Å². The number of thiophene rings is 1. The summed E-state index contributed by atoms with van der Waals surface area (Å²) in [6.07, 6.45) is 2.38. The van der Waals surface area contributed by atoms with Gasteiger partial charge in [-0.1, -0.05) is 6.07 Å². The second-order valence-corrected chi connectivity index (χ2v) is 4.21. The standard InChI is InChI=1S/C9H12N4S/c10-9(11)13-12-8(6-3-4-6)7-2-1-5-14-7/h1-2,5-6H,3-4H2,(H4,10,11,13)/b12-8+. The number of rotatable bonds is 3. The van der Waals surface area contributed by atoms with E-state index in [1.807, 2.05) is 17.5 Å². The van der Waals surface area contributed by atoms with Crippen molar-refractivity contribution in [3.63, 3.8) is 0 Å². The number of nitrogens with zero attached hydrogens (tertiary/aromatic N) is 2. The van der Waals surface area contributed by atoms with Crippen LogP contribution >= 0.6 is 11.3 Å². The van der Waals surface area contributed by atoms with Crippen molar-refractivity contribution in [2.75, 3.05) is 0 Å². The van der Waals surface area contributed by atoms with Crippen LogP contribution in [-0.2, 0) is 0 Å². The zero-order valence-corrected chi connectivity index (χ0v) is 8.50. The number of guanidine groups is 1. The normalized spacial score (nSPS) is 16.7. The molecule has 1 heterocycles. The van der Waals surface area contributed by atoms with E-state index in [-0.39, 0.29) is 5.96 Å². The van der Waals surface area contributed by atoms with Gasteiger partial charge in [-0.05, 0) is 24.3 Å². The second kappa shape index (κ2) is 3.79. The third-order valence-corrected chi connectivity index (χ3v) is 2.90. The van der Waals surface area contributed by atoms with Crippen LogP contribution in [-0.4, -0.2) is 11.7 Å². The fourth-order valence-corrected chi connectivity index (χ4v) is 2.01. The van der Waals surface area contributed by atoms with Gasteiger partial charge in [-0.25, -0.2) is 0 Å². The van der Waals surface area contributed by atoms with Crippen LogP contribution in [0.2, 0.25) is 0 Å². The van der Waals surface area contributed by atoms with Gasteiger partial charge in [0.25, 0.3) is 0 Å². The lowest BCUT2D eigenvalue weighted by atomic mass is 10.2. The van der Waals surface area contributed by atoms with E-state index < -0.39 is 0 Å². The van der Waals surface area contributed by atoms with Gasteiger partial charge >= 0.3 is 0 Å². The van der Waals surface area contributed by atoms with Gasteiger partial charge in [0.1, 0.15) is 0 Å². The van der Waals surface area contributed by atoms with E-state index in [2.05, 4.69) is 10.2 Å². The molecule has 14 heavy (non-hydrogen) atoms. The van der Waals surface area contributed by atoms with Crippen molar-refractivity contribution < 1.29 is 0 Å². The van der Waals surface area contributed by atoms with Gasteiger partial charge in [-0.2, -0.15) is 5.10 Å². The molecule has 5 heteroatoms. The van der Waals surface area contributed by atoms with E-state index >= 15 is 0 Å². The van der Waals surface area contributed by atoms with Crippen molar-refractivity contribution in [2.45, 2.75) is 12.8 Å². The zero-order valence-electron chi connectivity index (χ0n) is 7.68. The quantitative estimate of drug-likeness (QED) is 0.444. The summed E-state index contributed by atoms with van der Waals surface area (Å²) in [4.78, 5) is 1.16. The van der Waals surface area contributed by atoms with Crippen molar-refractivity contribution in [3.05, 3.63) is 22.4 Å². The summed E-state index contributed by atoms with van der Waals surface area (Å²) in [6.45, 7) is 0. The van der Waals surface area contributed by atoms with Crippen molar-refractivity contribution in [1.82, 2.24) is 0 Å². The predicted octanol–water partition coefficient (Wildman–Crippen LogP) is 1.14. The van der Waals surface area contributed by atoms with Crippen LogP contribution in [0.25, 0.3) is 0 Å². The van der Waals surface area contributed by atoms with Gasteiger partial charge in [0.05, 0.1) is 10.6 Å². The largest absolute Gasteiger partial charge is 0.369 e. The fraction of sp³-hybridized carbons (Fsp3) is 0.333. The van der Waals surface area contributed by atoms with Gasteiger partial charge < -0.3 is 11.5 Å². The molecule has 0 aromatic carbocycles. The minimum Gasteiger partial charge on any atom is -0.369 e. The van der Waals surface area contributed by atoms with Gasteiger partial charge in [0, 0.05) is 5.92 Å². The Labute approximate surface area is 86.3 Å². The maximum atomic E-state index is 5.24. The number of hydrogen-bond donors (Lipinski definition) is 2. The lowest BCUT2D eigenvalue weighted by molar-refractivity contribution is 1.12. The molecule has 1 saturated carbocycles. The first kappa shape index (κ1) is 9.21. The molecule has 0 radical (unpaired) electrons. The van der Waals surface area contributed by atoms with Crippen LogP contribution in [0.15, 0.2) is 27.7 Å². The summed E-state index contributed by atoms with van der Waals surface area (Å²) < 4.78 is 0. The molecule has 0 amide bonds. The average Bonchev–Trinajstić information content (AvgIpc) is 2.81. The molecule has 74 valence electrons. The summed E-state index contributed by atoms with van der Waals surface area (Å²) >= 11 is 1.67. The van der Waals surface area contributed by atoms with Crippen LogP contribution in [0, 0.1) is 5.92 Å². The van der Waals surface area contributed by atoms with E-state index in [1.165, 1.54) is 12.8 Å². The second-order valence-electron chi connectivity index (χ2n) is 3.26. The van der Waals surface area contributed by atoms with Crippen LogP contribution in [0.4, 0.5) is 0 Å². The van der Waals surface area contributed by atoms with E-state index in [1.54, 1.807) is 11.3 Å². The Morgan fingerprint density at radius 1 is 1.36 bits per heavy atom. The van der Waals surface area contributed by atoms with Crippen molar-refractivity contribution in [2.24, 2.45) is 27.6 Å². The lowest BCUT2D eigenvalue weighted by Crippen LogP contribution is -2.22. The van der Waals surface area contributed by atoms with Gasteiger partial charge in [0.2, 0.25) is 5.96 Å². The molecule has 0 atom stereocenters. The zero-order chi connectivity index (χ0) is 9.97. The Kier molecular flexibility index (Phi) is 2.49. The highest BCUT2D eigenvalue weighted by Crippen LogP contribution is 2.34.